The molecule has 0 saturated heterocycles. The molecule has 96 valence electrons. The molecule has 0 aliphatic rings. The largest absolute Gasteiger partial charge is 0.373 e. The van der Waals surface area contributed by atoms with E-state index in [1.807, 2.05) is 25.8 Å². The van der Waals surface area contributed by atoms with E-state index in [1.165, 1.54) is 4.68 Å². The molecule has 5 heteroatoms. The van der Waals surface area contributed by atoms with Gasteiger partial charge in [-0.2, -0.15) is 5.10 Å². The fourth-order valence-electron chi connectivity index (χ4n) is 1.55. The summed E-state index contributed by atoms with van der Waals surface area (Å²) in [6.07, 6.45) is 3.52. The lowest BCUT2D eigenvalue weighted by atomic mass is 10.2. The Balaban J connectivity index is 2.67. The molecule has 1 heterocycles. The zero-order chi connectivity index (χ0) is 12.8. The molecule has 5 nitrogen and oxygen atoms in total. The summed E-state index contributed by atoms with van der Waals surface area (Å²) in [5, 5.41) is 4.17. The number of aromatic nitrogens is 2. The molecule has 0 amide bonds. The second-order valence-electron chi connectivity index (χ2n) is 4.41. The molecule has 1 rings (SSSR count). The molecule has 0 spiro atoms. The van der Waals surface area contributed by atoms with Gasteiger partial charge in [0.05, 0.1) is 11.9 Å². The molecule has 0 radical (unpaired) electrons. The van der Waals surface area contributed by atoms with E-state index in [-0.39, 0.29) is 11.6 Å². The van der Waals surface area contributed by atoms with E-state index in [0.717, 1.165) is 25.1 Å². The van der Waals surface area contributed by atoms with Gasteiger partial charge in [-0.3, -0.25) is 4.79 Å². The van der Waals surface area contributed by atoms with Crippen LogP contribution in [0.1, 0.15) is 26.7 Å². The van der Waals surface area contributed by atoms with E-state index in [9.17, 15) is 4.79 Å². The summed E-state index contributed by atoms with van der Waals surface area (Å²) in [6, 6.07) is 1.80. The van der Waals surface area contributed by atoms with Gasteiger partial charge in [0.2, 0.25) is 0 Å². The Morgan fingerprint density at radius 3 is 2.82 bits per heavy atom. The van der Waals surface area contributed by atoms with Gasteiger partial charge in [0, 0.05) is 32.2 Å². The van der Waals surface area contributed by atoms with Crippen LogP contribution in [-0.2, 0) is 6.54 Å². The van der Waals surface area contributed by atoms with Gasteiger partial charge >= 0.3 is 0 Å². The number of anilines is 1. The van der Waals surface area contributed by atoms with E-state index >= 15 is 0 Å². The summed E-state index contributed by atoms with van der Waals surface area (Å²) in [5.74, 6) is 0. The smallest absolute Gasteiger partial charge is 0.268 e. The highest BCUT2D eigenvalue weighted by Crippen LogP contribution is 2.06. The number of hydrogen-bond donors (Lipinski definition) is 1. The second-order valence-corrected chi connectivity index (χ2v) is 4.41. The maximum absolute atomic E-state index is 11.8. The van der Waals surface area contributed by atoms with Gasteiger partial charge in [-0.25, -0.2) is 4.68 Å². The number of rotatable bonds is 6. The molecule has 0 aromatic carbocycles. The fraction of sp³-hybridized carbons (Fsp3) is 0.667. The van der Waals surface area contributed by atoms with Crippen molar-refractivity contribution in [2.75, 3.05) is 18.5 Å². The molecule has 17 heavy (non-hydrogen) atoms. The topological polar surface area (TPSA) is 64.2 Å². The third-order valence-corrected chi connectivity index (χ3v) is 2.80. The molecule has 1 atom stereocenters. The summed E-state index contributed by atoms with van der Waals surface area (Å²) >= 11 is 0. The van der Waals surface area contributed by atoms with E-state index in [2.05, 4.69) is 5.10 Å². The van der Waals surface area contributed by atoms with Crippen molar-refractivity contribution >= 4 is 5.69 Å². The minimum absolute atomic E-state index is 0.0486. The average Bonchev–Trinajstić information content (AvgIpc) is 2.29. The van der Waals surface area contributed by atoms with E-state index in [1.54, 1.807) is 12.3 Å². The van der Waals surface area contributed by atoms with Crippen molar-refractivity contribution in [1.29, 1.82) is 0 Å². The number of hydrogen-bond acceptors (Lipinski definition) is 4. The van der Waals surface area contributed by atoms with E-state index < -0.39 is 0 Å². The zero-order valence-corrected chi connectivity index (χ0v) is 10.9. The van der Waals surface area contributed by atoms with E-state index in [4.69, 9.17) is 5.73 Å². The number of nitrogens with two attached hydrogens (primary N) is 1. The first-order chi connectivity index (χ1) is 8.04. The first-order valence-corrected chi connectivity index (χ1v) is 6.08. The van der Waals surface area contributed by atoms with Crippen LogP contribution in [-0.4, -0.2) is 29.4 Å². The van der Waals surface area contributed by atoms with Crippen LogP contribution in [0.5, 0.6) is 0 Å². The maximum atomic E-state index is 11.8. The summed E-state index contributed by atoms with van der Waals surface area (Å²) in [7, 11) is 1.94. The summed E-state index contributed by atoms with van der Waals surface area (Å²) < 4.78 is 1.50. The van der Waals surface area contributed by atoms with Gasteiger partial charge < -0.3 is 10.6 Å². The first-order valence-electron chi connectivity index (χ1n) is 6.08. The maximum Gasteiger partial charge on any atom is 0.268 e. The molecule has 0 aliphatic heterocycles. The van der Waals surface area contributed by atoms with Crippen LogP contribution in [0, 0.1) is 0 Å². The molecular weight excluding hydrogens is 216 g/mol. The standard InChI is InChI=1S/C12H22N4O/c1-4-15(3)11-8-12(17)16(14-9-11)7-5-6-10(2)13/h8-10H,4-7,13H2,1-3H3. The number of aryl methyl sites for hydroxylation is 1. The minimum Gasteiger partial charge on any atom is -0.373 e. The highest BCUT2D eigenvalue weighted by molar-refractivity contribution is 5.41. The van der Waals surface area contributed by atoms with Gasteiger partial charge in [0.15, 0.2) is 0 Å². The van der Waals surface area contributed by atoms with Gasteiger partial charge in [-0.05, 0) is 26.7 Å². The lowest BCUT2D eigenvalue weighted by molar-refractivity contribution is 0.506. The van der Waals surface area contributed by atoms with Crippen LogP contribution in [0.15, 0.2) is 17.1 Å². The molecule has 0 aliphatic carbocycles. The Kier molecular flexibility index (Phi) is 5.15. The Bertz CT molecular complexity index is 400. The Morgan fingerprint density at radius 2 is 2.29 bits per heavy atom. The van der Waals surface area contributed by atoms with Crippen LogP contribution < -0.4 is 16.2 Å². The average molecular weight is 238 g/mol. The van der Waals surface area contributed by atoms with Crippen molar-refractivity contribution in [2.24, 2.45) is 5.73 Å². The molecule has 1 aromatic heterocycles. The van der Waals surface area contributed by atoms with Crippen molar-refractivity contribution < 1.29 is 0 Å². The zero-order valence-electron chi connectivity index (χ0n) is 10.9. The molecular formula is C12H22N4O. The van der Waals surface area contributed by atoms with Crippen molar-refractivity contribution in [3.63, 3.8) is 0 Å². The predicted octanol–water partition coefficient (Wildman–Crippen LogP) is 0.827. The van der Waals surface area contributed by atoms with Gasteiger partial charge in [0.25, 0.3) is 5.56 Å². The van der Waals surface area contributed by atoms with Gasteiger partial charge in [-0.1, -0.05) is 0 Å². The molecule has 0 bridgehead atoms. The minimum atomic E-state index is -0.0486. The quantitative estimate of drug-likeness (QED) is 0.797. The Morgan fingerprint density at radius 1 is 1.59 bits per heavy atom. The van der Waals surface area contributed by atoms with Crippen LogP contribution in [0.4, 0.5) is 5.69 Å². The van der Waals surface area contributed by atoms with E-state index in [0.29, 0.717) is 6.54 Å². The lowest BCUT2D eigenvalue weighted by Crippen LogP contribution is -2.26. The second kappa shape index (κ2) is 6.39. The number of nitrogens with zero attached hydrogens (tertiary/aromatic N) is 3. The van der Waals surface area contributed by atoms with Crippen LogP contribution in [0.2, 0.25) is 0 Å². The Hall–Kier alpha value is -1.36. The van der Waals surface area contributed by atoms with Crippen molar-refractivity contribution in [3.8, 4) is 0 Å². The van der Waals surface area contributed by atoms with Crippen molar-refractivity contribution in [3.05, 3.63) is 22.6 Å². The fourth-order valence-corrected chi connectivity index (χ4v) is 1.55. The summed E-state index contributed by atoms with van der Waals surface area (Å²) in [4.78, 5) is 13.8. The summed E-state index contributed by atoms with van der Waals surface area (Å²) in [5.41, 5.74) is 6.48. The van der Waals surface area contributed by atoms with Crippen molar-refractivity contribution in [2.45, 2.75) is 39.3 Å². The van der Waals surface area contributed by atoms with Crippen LogP contribution in [0.25, 0.3) is 0 Å². The highest BCUT2D eigenvalue weighted by Gasteiger charge is 2.03. The third-order valence-electron chi connectivity index (χ3n) is 2.80. The molecule has 1 unspecified atom stereocenters. The summed E-state index contributed by atoms with van der Waals surface area (Å²) in [6.45, 7) is 5.50. The SMILES string of the molecule is CCN(C)c1cnn(CCCC(C)N)c(=O)c1. The van der Waals surface area contributed by atoms with Crippen LogP contribution in [0.3, 0.4) is 0 Å². The normalized spacial score (nSPS) is 12.5. The molecule has 1 aromatic rings. The molecule has 0 saturated carbocycles. The molecule has 0 fully saturated rings. The lowest BCUT2D eigenvalue weighted by Gasteiger charge is -2.16. The predicted molar refractivity (Wildman–Crippen MR) is 70.3 cm³/mol. The first kappa shape index (κ1) is 13.7. The van der Waals surface area contributed by atoms with Crippen molar-refractivity contribution in [1.82, 2.24) is 9.78 Å². The van der Waals surface area contributed by atoms with Gasteiger partial charge in [-0.15, -0.1) is 0 Å². The van der Waals surface area contributed by atoms with Gasteiger partial charge in [0.1, 0.15) is 0 Å². The third kappa shape index (κ3) is 4.19. The highest BCUT2D eigenvalue weighted by atomic mass is 16.1. The molecule has 2 N–H and O–H groups in total. The monoisotopic (exact) mass is 238 g/mol. The van der Waals surface area contributed by atoms with Crippen LogP contribution >= 0.6 is 0 Å². The Labute approximate surface area is 102 Å².